The number of nitrogens with zero attached hydrogens (tertiary/aromatic N) is 5. The molecule has 0 fully saturated rings. The zero-order valence-electron chi connectivity index (χ0n) is 19.4. The molecule has 2 aliphatic heterocycles. The van der Waals surface area contributed by atoms with Crippen LogP contribution in [0, 0.1) is 12.7 Å². The van der Waals surface area contributed by atoms with Crippen molar-refractivity contribution in [3.8, 4) is 17.0 Å². The van der Waals surface area contributed by atoms with Crippen molar-refractivity contribution in [2.24, 2.45) is 0 Å². The SMILES string of the molecule is Cc1c(-c2cc3cc(Nc4cc5n(n4)CC(=O)N(C)CC5)ncc3cc2F)cnc2c1NCCO2. The first-order chi connectivity index (χ1) is 17.0. The summed E-state index contributed by atoms with van der Waals surface area (Å²) < 4.78 is 22.5. The molecule has 9 nitrogen and oxygen atoms in total. The monoisotopic (exact) mass is 473 g/mol. The fraction of sp³-hybridized carbons (Fsp3) is 0.280. The van der Waals surface area contributed by atoms with Crippen LogP contribution in [-0.2, 0) is 17.8 Å². The number of rotatable bonds is 3. The van der Waals surface area contributed by atoms with Crippen LogP contribution in [0.15, 0.2) is 36.7 Å². The molecule has 1 aromatic carbocycles. The molecule has 0 radical (unpaired) electrons. The highest BCUT2D eigenvalue weighted by molar-refractivity contribution is 5.90. The van der Waals surface area contributed by atoms with Crippen LogP contribution in [-0.4, -0.2) is 57.3 Å². The van der Waals surface area contributed by atoms with Crippen molar-refractivity contribution in [2.75, 3.05) is 37.4 Å². The van der Waals surface area contributed by atoms with Crippen molar-refractivity contribution < 1.29 is 13.9 Å². The molecule has 35 heavy (non-hydrogen) atoms. The van der Waals surface area contributed by atoms with E-state index >= 15 is 4.39 Å². The molecule has 4 aromatic rings. The molecule has 0 saturated carbocycles. The highest BCUT2D eigenvalue weighted by Crippen LogP contribution is 2.37. The van der Waals surface area contributed by atoms with Gasteiger partial charge in [-0.25, -0.2) is 14.4 Å². The summed E-state index contributed by atoms with van der Waals surface area (Å²) in [6, 6.07) is 7.11. The Morgan fingerprint density at radius 2 is 1.97 bits per heavy atom. The van der Waals surface area contributed by atoms with Gasteiger partial charge >= 0.3 is 0 Å². The lowest BCUT2D eigenvalue weighted by Crippen LogP contribution is -2.29. The molecule has 0 bridgehead atoms. The molecule has 2 N–H and O–H groups in total. The largest absolute Gasteiger partial charge is 0.474 e. The van der Waals surface area contributed by atoms with E-state index in [1.165, 1.54) is 6.07 Å². The van der Waals surface area contributed by atoms with Gasteiger partial charge in [0.25, 0.3) is 0 Å². The molecule has 10 heteroatoms. The second-order valence-electron chi connectivity index (χ2n) is 8.87. The highest BCUT2D eigenvalue weighted by Gasteiger charge is 2.21. The number of anilines is 3. The van der Waals surface area contributed by atoms with Gasteiger partial charge in [-0.1, -0.05) is 0 Å². The lowest BCUT2D eigenvalue weighted by Gasteiger charge is -2.21. The van der Waals surface area contributed by atoms with Gasteiger partial charge in [-0.2, -0.15) is 5.10 Å². The van der Waals surface area contributed by atoms with Gasteiger partial charge < -0.3 is 20.3 Å². The van der Waals surface area contributed by atoms with Gasteiger partial charge in [-0.3, -0.25) is 9.48 Å². The number of aromatic nitrogens is 4. The van der Waals surface area contributed by atoms with Crippen molar-refractivity contribution >= 4 is 34.0 Å². The number of hydrogen-bond donors (Lipinski definition) is 2. The third kappa shape index (κ3) is 3.80. The number of nitrogens with one attached hydrogen (secondary N) is 2. The summed E-state index contributed by atoms with van der Waals surface area (Å²) >= 11 is 0. The van der Waals surface area contributed by atoms with E-state index in [-0.39, 0.29) is 18.3 Å². The molecule has 1 amide bonds. The Morgan fingerprint density at radius 3 is 2.86 bits per heavy atom. The number of likely N-dealkylation sites (N-methyl/N-ethyl adjacent to an activating group) is 1. The van der Waals surface area contributed by atoms with Gasteiger partial charge in [-0.15, -0.1) is 0 Å². The van der Waals surface area contributed by atoms with Crippen molar-refractivity contribution in [3.05, 3.63) is 53.7 Å². The van der Waals surface area contributed by atoms with Crippen LogP contribution >= 0.6 is 0 Å². The first kappa shape index (κ1) is 21.3. The van der Waals surface area contributed by atoms with E-state index in [0.29, 0.717) is 53.7 Å². The Hall–Kier alpha value is -4.21. The maximum absolute atomic E-state index is 15.1. The Labute approximate surface area is 200 Å². The van der Waals surface area contributed by atoms with Crippen molar-refractivity contribution in [1.82, 2.24) is 24.6 Å². The molecule has 0 spiro atoms. The summed E-state index contributed by atoms with van der Waals surface area (Å²) in [4.78, 5) is 22.7. The number of carbonyl (C=O) groups is 1. The summed E-state index contributed by atoms with van der Waals surface area (Å²) in [5.74, 6) is 1.44. The molecule has 0 unspecified atom stereocenters. The van der Waals surface area contributed by atoms with E-state index in [1.54, 1.807) is 29.0 Å². The number of hydrogen-bond acceptors (Lipinski definition) is 7. The maximum atomic E-state index is 15.1. The van der Waals surface area contributed by atoms with E-state index in [9.17, 15) is 4.79 Å². The van der Waals surface area contributed by atoms with Gasteiger partial charge in [0.05, 0.1) is 0 Å². The average molecular weight is 474 g/mol. The third-order valence-corrected chi connectivity index (χ3v) is 6.58. The molecule has 0 saturated heterocycles. The third-order valence-electron chi connectivity index (χ3n) is 6.58. The predicted octanol–water partition coefficient (Wildman–Crippen LogP) is 3.50. The van der Waals surface area contributed by atoms with E-state index in [0.717, 1.165) is 28.8 Å². The van der Waals surface area contributed by atoms with E-state index < -0.39 is 0 Å². The topological polar surface area (TPSA) is 97.2 Å². The first-order valence-electron chi connectivity index (χ1n) is 11.5. The summed E-state index contributed by atoms with van der Waals surface area (Å²) in [6.07, 6.45) is 4.03. The second-order valence-corrected chi connectivity index (χ2v) is 8.87. The van der Waals surface area contributed by atoms with Crippen LogP contribution < -0.4 is 15.4 Å². The quantitative estimate of drug-likeness (QED) is 0.470. The van der Waals surface area contributed by atoms with Crippen molar-refractivity contribution in [1.29, 1.82) is 0 Å². The van der Waals surface area contributed by atoms with Gasteiger partial charge in [0.2, 0.25) is 11.8 Å². The zero-order chi connectivity index (χ0) is 24.1. The van der Waals surface area contributed by atoms with Crippen LogP contribution in [0.4, 0.5) is 21.7 Å². The number of benzene rings is 1. The Morgan fingerprint density at radius 1 is 1.09 bits per heavy atom. The Bertz CT molecular complexity index is 1480. The lowest BCUT2D eigenvalue weighted by molar-refractivity contribution is -0.130. The number of fused-ring (bicyclic) bond motifs is 3. The zero-order valence-corrected chi connectivity index (χ0v) is 19.4. The summed E-state index contributed by atoms with van der Waals surface area (Å²) in [6.45, 7) is 4.05. The maximum Gasteiger partial charge on any atom is 0.244 e. The minimum Gasteiger partial charge on any atom is -0.474 e. The fourth-order valence-electron chi connectivity index (χ4n) is 4.57. The van der Waals surface area contributed by atoms with Crippen molar-refractivity contribution in [2.45, 2.75) is 19.9 Å². The molecule has 0 atom stereocenters. The van der Waals surface area contributed by atoms with E-state index in [4.69, 9.17) is 4.74 Å². The molecule has 0 aliphatic carbocycles. The summed E-state index contributed by atoms with van der Waals surface area (Å²) in [5.41, 5.74) is 3.85. The number of ether oxygens (including phenoxy) is 1. The standard InChI is InChI=1S/C25H24FN7O2/c1-14-19(12-29-25-24(14)27-4-6-35-25)18-7-15-9-21(28-11-16(15)8-20(18)26)30-22-10-17-3-5-32(2)23(34)13-33(17)31-22/h7-12,27H,3-6,13H2,1-2H3,(H,28,30,31). The van der Waals surface area contributed by atoms with Crippen LogP contribution in [0.2, 0.25) is 0 Å². The minimum absolute atomic E-state index is 0.0329. The summed E-state index contributed by atoms with van der Waals surface area (Å²) in [5, 5.41) is 12.6. The number of carbonyl (C=O) groups excluding carboxylic acids is 1. The lowest BCUT2D eigenvalue weighted by atomic mass is 9.98. The van der Waals surface area contributed by atoms with Gasteiger partial charge in [-0.05, 0) is 36.1 Å². The second kappa shape index (κ2) is 8.23. The molecule has 5 heterocycles. The first-order valence-corrected chi connectivity index (χ1v) is 11.5. The average Bonchev–Trinajstić information content (AvgIpc) is 3.17. The smallest absolute Gasteiger partial charge is 0.244 e. The molecular formula is C25H24FN7O2. The number of amides is 1. The fourth-order valence-corrected chi connectivity index (χ4v) is 4.57. The van der Waals surface area contributed by atoms with Crippen LogP contribution in [0.5, 0.6) is 5.88 Å². The van der Waals surface area contributed by atoms with Crippen LogP contribution in [0.3, 0.4) is 0 Å². The van der Waals surface area contributed by atoms with E-state index in [2.05, 4.69) is 25.7 Å². The van der Waals surface area contributed by atoms with Gasteiger partial charge in [0.1, 0.15) is 30.5 Å². The van der Waals surface area contributed by atoms with E-state index in [1.807, 2.05) is 25.1 Å². The molecule has 3 aromatic heterocycles. The molecule has 2 aliphatic rings. The summed E-state index contributed by atoms with van der Waals surface area (Å²) in [7, 11) is 1.80. The Kier molecular flexibility index (Phi) is 5.01. The van der Waals surface area contributed by atoms with Crippen LogP contribution in [0.1, 0.15) is 11.3 Å². The normalized spacial score (nSPS) is 15.2. The van der Waals surface area contributed by atoms with Gasteiger partial charge in [0.15, 0.2) is 5.82 Å². The predicted molar refractivity (Wildman–Crippen MR) is 131 cm³/mol. The molecule has 6 rings (SSSR count). The highest BCUT2D eigenvalue weighted by atomic mass is 19.1. The van der Waals surface area contributed by atoms with Crippen molar-refractivity contribution in [3.63, 3.8) is 0 Å². The molecule has 178 valence electrons. The Balaban J connectivity index is 1.33. The van der Waals surface area contributed by atoms with Gasteiger partial charge in [0, 0.05) is 67.2 Å². The number of halogens is 1. The number of pyridine rings is 2. The molecular weight excluding hydrogens is 449 g/mol. The minimum atomic E-state index is -0.339. The van der Waals surface area contributed by atoms with Crippen LogP contribution in [0.25, 0.3) is 21.9 Å².